The molecule has 11 rings (SSSR count). The SMILES string of the molecule is CC[C@@H]1C(=O)N(C)c2cnc(Cc3ccc(C(=O)CC4CCN(CCOCCN(CC(=O)Nc5cccc6c5CN(C5CCC(=O)NC5=O)C6=O)C(=O)OC(C)C(C)SSC[C@@H](CC(=O)CCOCCOCCOCCOCCOCCOCCCC(=O)CC[C@H](NC(=O)c5ccc(NCc6cnc7nc(N)[nH]c(=O)c7n6)cc5)C(=O)O)C(=O)O)CC4)cc3OC)nc2N1C1CCCC1. The van der Waals surface area contributed by atoms with Crippen LogP contribution in [-0.4, -0.2) is 306 Å². The quantitative estimate of drug-likeness (QED) is 0.00805. The minimum Gasteiger partial charge on any atom is -0.496 e. The number of Topliss-reactive ketones (excluding diaryl/α,β-unsaturated/α-hetero) is 3. The number of hydrogen-bond donors (Lipinski definition) is 8. The third-order valence-electron chi connectivity index (χ3n) is 23.9. The molecule has 0 radical (unpaired) electrons. The number of nitrogens with one attached hydrogen (secondary N) is 5. The summed E-state index contributed by atoms with van der Waals surface area (Å²) < 4.78 is 51.3. The fourth-order valence-electron chi connectivity index (χ4n) is 16.2. The largest absolute Gasteiger partial charge is 0.496 e. The monoisotopic (exact) mass is 1900 g/mol. The molecule has 4 aliphatic heterocycles. The van der Waals surface area contributed by atoms with Crippen molar-refractivity contribution in [2.75, 3.05) is 171 Å². The number of likely N-dealkylation sites (tertiary alicyclic amines) is 1. The Morgan fingerprint density at radius 2 is 1.41 bits per heavy atom. The van der Waals surface area contributed by atoms with Gasteiger partial charge in [0, 0.05) is 134 Å². The number of benzene rings is 3. The standard InChI is InChI=1S/C92H122N16O24S2/c1-6-73-88(118)104(4)75-53-95-78(100-83(75)108(73)66-11-7-8-12-66)50-62-17-16-61(49-77(62)124-5)76(111)47-59-26-29-105(30-27-59)31-35-127-36-32-106(55-80(113)98-71-15-9-14-69-70(71)54-107(87(69)117)74-24-25-79(112)101-85(74)115)92(123)132-57(2)58(3)134-133-56-63(89(119)120)48-68(110)28-34-126-38-40-129-42-44-131-46-45-130-43-41-128-39-37-125-33-10-13-67(109)22-23-72(90(121)122)99-84(114)60-18-20-64(21-19-60)94-51-65-52-96-82-81(97-65)86(116)103-91(93)102-82/h9,14-21,49,52-53,57-59,63,66,72-74,94H,6-8,10-13,22-48,50-51,54-56H2,1-5H3,(H,98,113)(H,99,114)(H,119,120)(H,121,122)(H,101,112,115)(H3,93,96,102,103,116)/t57?,58?,63-,72+,73-,74?/m1/s1. The summed E-state index contributed by atoms with van der Waals surface area (Å²) in [6.07, 6.45) is 9.30. The number of nitrogens with two attached hydrogens (primary N) is 1. The van der Waals surface area contributed by atoms with E-state index in [-0.39, 0.29) is 173 Å². The highest BCUT2D eigenvalue weighted by Gasteiger charge is 2.43. The summed E-state index contributed by atoms with van der Waals surface area (Å²) in [5.74, 6) is -4.37. The first-order valence-corrected chi connectivity index (χ1v) is 47.9. The third kappa shape index (κ3) is 30.6. The van der Waals surface area contributed by atoms with E-state index >= 15 is 0 Å². The van der Waals surface area contributed by atoms with Crippen LogP contribution in [0.15, 0.2) is 77.9 Å². The summed E-state index contributed by atoms with van der Waals surface area (Å²) in [6.45, 7) is 10.8. The molecule has 7 heterocycles. The van der Waals surface area contributed by atoms with Crippen molar-refractivity contribution >= 4 is 132 Å². The summed E-state index contributed by atoms with van der Waals surface area (Å²) >= 11 is 0. The number of methoxy groups -OCH3 is 1. The molecule has 3 unspecified atom stereocenters. The number of anilines is 5. The molecule has 40 nitrogen and oxygen atoms in total. The van der Waals surface area contributed by atoms with Gasteiger partial charge in [-0.1, -0.05) is 59.6 Å². The molecule has 2 saturated heterocycles. The predicted molar refractivity (Wildman–Crippen MR) is 496 cm³/mol. The van der Waals surface area contributed by atoms with Crippen LogP contribution in [0.25, 0.3) is 11.2 Å². The van der Waals surface area contributed by atoms with Crippen LogP contribution in [0.4, 0.5) is 33.6 Å². The topological polar surface area (TPSA) is 516 Å². The van der Waals surface area contributed by atoms with Gasteiger partial charge in [-0.15, -0.1) is 0 Å². The second kappa shape index (κ2) is 52.6. The molecule has 7 amide bonds. The van der Waals surface area contributed by atoms with Crippen molar-refractivity contribution < 1.29 is 110 Å². The number of carboxylic acids is 2. The third-order valence-corrected chi connectivity index (χ3v) is 27.0. The molecule has 134 heavy (non-hydrogen) atoms. The Morgan fingerprint density at radius 3 is 2.08 bits per heavy atom. The maximum atomic E-state index is 14.2. The Bertz CT molecular complexity index is 5100. The molecule has 9 N–H and O–H groups in total. The number of aromatic amines is 1. The Labute approximate surface area is 784 Å². The van der Waals surface area contributed by atoms with Gasteiger partial charge in [-0.2, -0.15) is 4.98 Å². The first kappa shape index (κ1) is 103. The van der Waals surface area contributed by atoms with Gasteiger partial charge in [0.05, 0.1) is 124 Å². The number of H-pyrrole nitrogens is 1. The van der Waals surface area contributed by atoms with Gasteiger partial charge in [0.25, 0.3) is 17.4 Å². The van der Waals surface area contributed by atoms with E-state index in [1.807, 2.05) is 19.1 Å². The Morgan fingerprint density at radius 1 is 0.731 bits per heavy atom. The summed E-state index contributed by atoms with van der Waals surface area (Å²) in [6, 6.07) is 14.4. The molecule has 3 aromatic carbocycles. The van der Waals surface area contributed by atoms with E-state index in [0.29, 0.717) is 137 Å². The number of aliphatic carboxylic acids is 2. The molecule has 3 aromatic heterocycles. The molecule has 0 bridgehead atoms. The average Bonchev–Trinajstić information content (AvgIpc) is 1.18. The van der Waals surface area contributed by atoms with Gasteiger partial charge in [0.1, 0.15) is 59.6 Å². The fraction of sp³-hybridized carbons (Fsp3) is 0.565. The Hall–Kier alpha value is -11.2. The summed E-state index contributed by atoms with van der Waals surface area (Å²) in [5.41, 5.74) is 9.63. The molecule has 3 fully saturated rings. The second-order valence-electron chi connectivity index (χ2n) is 33.4. The highest BCUT2D eigenvalue weighted by atomic mass is 33.1. The van der Waals surface area contributed by atoms with Crippen molar-refractivity contribution in [1.29, 1.82) is 0 Å². The molecular formula is C92H122N16O24S2. The molecule has 0 spiro atoms. The van der Waals surface area contributed by atoms with E-state index in [1.54, 1.807) is 75.5 Å². The minimum atomic E-state index is -1.29. The fourth-order valence-corrected chi connectivity index (χ4v) is 19.0. The normalized spacial score (nSPS) is 16.8. The highest BCUT2D eigenvalue weighted by molar-refractivity contribution is 8.77. The minimum absolute atomic E-state index is 0.00308. The Balaban J connectivity index is 0.517. The van der Waals surface area contributed by atoms with Crippen LogP contribution in [0.2, 0.25) is 0 Å². The number of nitrogens with zero attached hydrogens (tertiary/aromatic N) is 10. The first-order chi connectivity index (χ1) is 64.7. The van der Waals surface area contributed by atoms with Crippen molar-refractivity contribution in [3.8, 4) is 5.75 Å². The average molecular weight is 1900 g/mol. The van der Waals surface area contributed by atoms with Crippen LogP contribution in [0.1, 0.15) is 177 Å². The number of likely N-dealkylation sites (N-methyl/N-ethyl adjacent to an activating group) is 1. The maximum Gasteiger partial charge on any atom is 0.410 e. The van der Waals surface area contributed by atoms with Crippen LogP contribution < -0.4 is 47.1 Å². The van der Waals surface area contributed by atoms with Crippen molar-refractivity contribution in [3.05, 3.63) is 123 Å². The molecule has 6 atom stereocenters. The van der Waals surface area contributed by atoms with Gasteiger partial charge in [-0.25, -0.2) is 29.5 Å². The number of carbonyl (C=O) groups is 12. The lowest BCUT2D eigenvalue weighted by Crippen LogP contribution is -2.55. The first-order valence-electron chi connectivity index (χ1n) is 45.6. The van der Waals surface area contributed by atoms with Crippen molar-refractivity contribution in [2.45, 2.75) is 179 Å². The zero-order valence-electron chi connectivity index (χ0n) is 76.4. The number of ketones is 3. The number of rotatable bonds is 58. The van der Waals surface area contributed by atoms with E-state index in [4.69, 9.17) is 58.3 Å². The zero-order chi connectivity index (χ0) is 95.6. The predicted octanol–water partition coefficient (Wildman–Crippen LogP) is 7.26. The highest BCUT2D eigenvalue weighted by Crippen LogP contribution is 2.41. The summed E-state index contributed by atoms with van der Waals surface area (Å²) in [5, 5.41) is 30.2. The van der Waals surface area contributed by atoms with Gasteiger partial charge >= 0.3 is 18.0 Å². The lowest BCUT2D eigenvalue weighted by atomic mass is 9.89. The maximum absolute atomic E-state index is 14.2. The summed E-state index contributed by atoms with van der Waals surface area (Å²) in [7, 11) is 5.87. The smallest absolute Gasteiger partial charge is 0.410 e. The Kier molecular flexibility index (Phi) is 40.5. The number of ether oxygens (including phenoxy) is 9. The number of imide groups is 1. The van der Waals surface area contributed by atoms with Crippen LogP contribution in [0.5, 0.6) is 5.75 Å². The van der Waals surface area contributed by atoms with E-state index in [0.717, 1.165) is 63.0 Å². The zero-order valence-corrected chi connectivity index (χ0v) is 78.0. The number of amides is 7. The molecule has 5 aliphatic rings. The van der Waals surface area contributed by atoms with Crippen LogP contribution in [0, 0.1) is 11.8 Å². The van der Waals surface area contributed by atoms with Gasteiger partial charge in [0.15, 0.2) is 22.8 Å². The van der Waals surface area contributed by atoms with Crippen molar-refractivity contribution in [1.82, 2.24) is 55.2 Å². The van der Waals surface area contributed by atoms with Crippen LogP contribution in [0.3, 0.4) is 0 Å². The lowest BCUT2D eigenvalue weighted by Gasteiger charge is -2.43. The molecule has 1 aliphatic carbocycles. The van der Waals surface area contributed by atoms with Gasteiger partial charge in [0.2, 0.25) is 29.6 Å². The molecular weight excluding hydrogens is 1780 g/mol. The van der Waals surface area contributed by atoms with Crippen LogP contribution in [-0.2, 0) is 95.8 Å². The number of hydrogen-bond acceptors (Lipinski definition) is 33. The summed E-state index contributed by atoms with van der Waals surface area (Å²) in [4.78, 5) is 202. The van der Waals surface area contributed by atoms with Gasteiger partial charge in [-0.3, -0.25) is 67.9 Å². The van der Waals surface area contributed by atoms with Gasteiger partial charge in [-0.05, 0) is 127 Å². The van der Waals surface area contributed by atoms with E-state index in [9.17, 15) is 72.5 Å². The number of fused-ring (bicyclic) bond motifs is 3. The molecule has 42 heteroatoms. The second-order valence-corrected chi connectivity index (χ2v) is 36.2. The van der Waals surface area contributed by atoms with Gasteiger partial charge < -0.3 is 94.1 Å². The lowest BCUT2D eigenvalue weighted by molar-refractivity contribution is -0.143. The van der Waals surface area contributed by atoms with Crippen molar-refractivity contribution in [2.24, 2.45) is 11.8 Å². The number of aromatic nitrogens is 6. The van der Waals surface area contributed by atoms with E-state index in [1.165, 1.54) is 49.7 Å². The number of carbonyl (C=O) groups excluding carboxylic acids is 10. The molecule has 6 aromatic rings. The number of nitrogen functional groups attached to an aromatic ring is 1. The molecule has 726 valence electrons. The van der Waals surface area contributed by atoms with Crippen LogP contribution >= 0.6 is 21.6 Å². The number of carboxylic acid groups (broad SMARTS) is 2. The van der Waals surface area contributed by atoms with Crippen molar-refractivity contribution in [3.63, 3.8) is 0 Å². The molecule has 1 saturated carbocycles. The van der Waals surface area contributed by atoms with E-state index < -0.39 is 89.0 Å². The van der Waals surface area contributed by atoms with E-state index in [2.05, 4.69) is 51.0 Å². The number of piperidine rings is 2.